The van der Waals surface area contributed by atoms with E-state index in [1.165, 1.54) is 16.7 Å². The quantitative estimate of drug-likeness (QED) is 0.390. The van der Waals surface area contributed by atoms with Gasteiger partial charge in [-0.1, -0.05) is 55.5 Å². The van der Waals surface area contributed by atoms with Crippen molar-refractivity contribution in [1.29, 1.82) is 0 Å². The van der Waals surface area contributed by atoms with Crippen LogP contribution in [0, 0.1) is 0 Å². The van der Waals surface area contributed by atoms with Gasteiger partial charge in [-0.3, -0.25) is 4.79 Å². The number of nitrogens with zero attached hydrogens (tertiary/aromatic N) is 1. The van der Waals surface area contributed by atoms with Crippen LogP contribution in [0.3, 0.4) is 0 Å². The number of carboxylic acid groups (broad SMARTS) is 1. The summed E-state index contributed by atoms with van der Waals surface area (Å²) >= 11 is 1.25. The summed E-state index contributed by atoms with van der Waals surface area (Å²) in [6.45, 7) is 2.45. The number of amides is 2. The van der Waals surface area contributed by atoms with E-state index in [0.717, 1.165) is 22.3 Å². The number of carboxylic acids is 1. The third kappa shape index (κ3) is 5.86. The van der Waals surface area contributed by atoms with Crippen molar-refractivity contribution in [2.75, 3.05) is 13.2 Å². The Morgan fingerprint density at radius 2 is 1.74 bits per heavy atom. The van der Waals surface area contributed by atoms with Gasteiger partial charge in [0.1, 0.15) is 6.61 Å². The fraction of sp³-hybridized carbons (Fsp3) is 0.308. The predicted octanol–water partition coefficient (Wildman–Crippen LogP) is 4.21. The van der Waals surface area contributed by atoms with Crippen LogP contribution in [-0.2, 0) is 16.0 Å². The molecule has 4 rings (SSSR count). The molecule has 2 aromatic carbocycles. The summed E-state index contributed by atoms with van der Waals surface area (Å²) < 4.78 is 5.58. The number of nitrogens with one attached hydrogen (secondary N) is 2. The van der Waals surface area contributed by atoms with Crippen LogP contribution in [0.25, 0.3) is 11.1 Å². The zero-order chi connectivity index (χ0) is 24.8. The van der Waals surface area contributed by atoms with Crippen molar-refractivity contribution < 1.29 is 24.2 Å². The van der Waals surface area contributed by atoms with Gasteiger partial charge in [0.05, 0.1) is 5.01 Å². The Morgan fingerprint density at radius 3 is 2.34 bits per heavy atom. The van der Waals surface area contributed by atoms with Gasteiger partial charge in [-0.15, -0.1) is 11.3 Å². The van der Waals surface area contributed by atoms with Crippen LogP contribution in [0.15, 0.2) is 53.9 Å². The lowest BCUT2D eigenvalue weighted by molar-refractivity contribution is -0.121. The fourth-order valence-corrected chi connectivity index (χ4v) is 5.01. The van der Waals surface area contributed by atoms with Crippen LogP contribution in [0.1, 0.15) is 52.3 Å². The molecule has 0 saturated carbocycles. The van der Waals surface area contributed by atoms with E-state index in [2.05, 4.69) is 39.9 Å². The smallest absolute Gasteiger partial charge is 0.407 e. The number of aromatic carboxylic acids is 1. The first-order valence-corrected chi connectivity index (χ1v) is 12.4. The summed E-state index contributed by atoms with van der Waals surface area (Å²) in [5.41, 5.74) is 4.62. The maximum atomic E-state index is 12.5. The maximum Gasteiger partial charge on any atom is 0.407 e. The standard InChI is InChI=1S/C26H27N3O5S/c1-2-16(13-23(30)27-12-11-24-29-22(15-35-24)25(31)32)28-26(33)34-14-21-19-9-5-3-7-17(19)18-8-4-6-10-20(18)21/h3-10,15-16,21H,2,11-14H2,1H3,(H,27,30)(H,28,33)(H,31,32)/t16-/m1/s1. The molecule has 3 N–H and O–H groups in total. The fourth-order valence-electron chi connectivity index (χ4n) is 4.23. The molecule has 1 atom stereocenters. The zero-order valence-corrected chi connectivity index (χ0v) is 20.1. The molecule has 182 valence electrons. The Hall–Kier alpha value is -3.72. The van der Waals surface area contributed by atoms with E-state index in [4.69, 9.17) is 9.84 Å². The molecule has 0 aliphatic heterocycles. The number of carbonyl (C=O) groups excluding carboxylic acids is 2. The molecule has 1 heterocycles. The highest BCUT2D eigenvalue weighted by Gasteiger charge is 2.29. The highest BCUT2D eigenvalue weighted by molar-refractivity contribution is 7.09. The zero-order valence-electron chi connectivity index (χ0n) is 19.3. The minimum Gasteiger partial charge on any atom is -0.476 e. The second-order valence-electron chi connectivity index (χ2n) is 8.31. The number of ether oxygens (including phenoxy) is 1. The molecule has 8 nitrogen and oxygen atoms in total. The topological polar surface area (TPSA) is 118 Å². The number of carbonyl (C=O) groups is 3. The molecule has 1 aromatic heterocycles. The summed E-state index contributed by atoms with van der Waals surface area (Å²) in [5, 5.41) is 16.6. The lowest BCUT2D eigenvalue weighted by Gasteiger charge is -2.18. The van der Waals surface area contributed by atoms with Gasteiger partial charge >= 0.3 is 12.1 Å². The Bertz CT molecular complexity index is 1180. The van der Waals surface area contributed by atoms with Crippen LogP contribution in [0.5, 0.6) is 0 Å². The number of hydrogen-bond donors (Lipinski definition) is 3. The molecular formula is C26H27N3O5S. The average Bonchev–Trinajstić information content (AvgIpc) is 3.45. The lowest BCUT2D eigenvalue weighted by Crippen LogP contribution is -2.39. The monoisotopic (exact) mass is 493 g/mol. The van der Waals surface area contributed by atoms with E-state index in [1.54, 1.807) is 0 Å². The normalized spacial score (nSPS) is 12.9. The minimum atomic E-state index is -1.07. The van der Waals surface area contributed by atoms with E-state index in [1.807, 2.05) is 31.2 Å². The second kappa shape index (κ2) is 11.1. The third-order valence-electron chi connectivity index (χ3n) is 6.02. The highest BCUT2D eigenvalue weighted by atomic mass is 32.1. The first-order chi connectivity index (χ1) is 17.0. The van der Waals surface area contributed by atoms with Gasteiger partial charge in [0, 0.05) is 36.7 Å². The van der Waals surface area contributed by atoms with E-state index in [9.17, 15) is 14.4 Å². The number of rotatable bonds is 10. The molecule has 3 aromatic rings. The molecule has 2 amide bonds. The molecule has 0 radical (unpaired) electrons. The Balaban J connectivity index is 1.24. The van der Waals surface area contributed by atoms with Crippen LogP contribution >= 0.6 is 11.3 Å². The average molecular weight is 494 g/mol. The maximum absolute atomic E-state index is 12.5. The van der Waals surface area contributed by atoms with Crippen LogP contribution in [-0.4, -0.2) is 47.3 Å². The van der Waals surface area contributed by atoms with Crippen molar-refractivity contribution in [2.45, 2.75) is 38.1 Å². The van der Waals surface area contributed by atoms with Crippen molar-refractivity contribution in [3.63, 3.8) is 0 Å². The lowest BCUT2D eigenvalue weighted by atomic mass is 9.98. The molecule has 1 aliphatic carbocycles. The van der Waals surface area contributed by atoms with Gasteiger partial charge in [-0.05, 0) is 28.7 Å². The SMILES string of the molecule is CC[C@H](CC(=O)NCCc1nc(C(=O)O)cs1)NC(=O)OCC1c2ccccc2-c2ccccc21. The van der Waals surface area contributed by atoms with Crippen molar-refractivity contribution in [1.82, 2.24) is 15.6 Å². The highest BCUT2D eigenvalue weighted by Crippen LogP contribution is 2.44. The molecule has 0 spiro atoms. The number of aromatic nitrogens is 1. The number of thiazole rings is 1. The molecular weight excluding hydrogens is 466 g/mol. The number of benzene rings is 2. The molecule has 1 aliphatic rings. The molecule has 0 unspecified atom stereocenters. The molecule has 35 heavy (non-hydrogen) atoms. The molecule has 0 saturated heterocycles. The van der Waals surface area contributed by atoms with Crippen molar-refractivity contribution in [3.05, 3.63) is 75.7 Å². The van der Waals surface area contributed by atoms with Gasteiger partial charge in [-0.2, -0.15) is 0 Å². The molecule has 0 fully saturated rings. The third-order valence-corrected chi connectivity index (χ3v) is 6.93. The van der Waals surface area contributed by atoms with E-state index in [-0.39, 0.29) is 36.6 Å². The van der Waals surface area contributed by atoms with Crippen LogP contribution in [0.4, 0.5) is 4.79 Å². The van der Waals surface area contributed by atoms with Crippen LogP contribution < -0.4 is 10.6 Å². The van der Waals surface area contributed by atoms with Gasteiger partial charge < -0.3 is 20.5 Å². The Morgan fingerprint density at radius 1 is 1.09 bits per heavy atom. The Kier molecular flexibility index (Phi) is 7.77. The number of alkyl carbamates (subject to hydrolysis) is 1. The summed E-state index contributed by atoms with van der Waals surface area (Å²) in [6.07, 6.45) is 0.598. The minimum absolute atomic E-state index is 0.00895. The molecule has 0 bridgehead atoms. The van der Waals surface area contributed by atoms with Gasteiger partial charge in [0.25, 0.3) is 0 Å². The van der Waals surface area contributed by atoms with Gasteiger partial charge in [0.15, 0.2) is 5.69 Å². The summed E-state index contributed by atoms with van der Waals surface area (Å²) in [5.74, 6) is -1.29. The van der Waals surface area contributed by atoms with Gasteiger partial charge in [0.2, 0.25) is 5.91 Å². The van der Waals surface area contributed by atoms with Crippen molar-refractivity contribution >= 4 is 29.3 Å². The van der Waals surface area contributed by atoms with E-state index >= 15 is 0 Å². The van der Waals surface area contributed by atoms with Crippen molar-refractivity contribution in [2.24, 2.45) is 0 Å². The molecule has 9 heteroatoms. The first-order valence-electron chi connectivity index (χ1n) is 11.5. The summed E-state index contributed by atoms with van der Waals surface area (Å²) in [6, 6.07) is 15.9. The van der Waals surface area contributed by atoms with E-state index in [0.29, 0.717) is 24.4 Å². The van der Waals surface area contributed by atoms with Gasteiger partial charge in [-0.25, -0.2) is 14.6 Å². The number of hydrogen-bond acceptors (Lipinski definition) is 6. The van der Waals surface area contributed by atoms with Crippen LogP contribution in [0.2, 0.25) is 0 Å². The summed E-state index contributed by atoms with van der Waals surface area (Å²) in [4.78, 5) is 39.7. The summed E-state index contributed by atoms with van der Waals surface area (Å²) in [7, 11) is 0. The first kappa shape index (κ1) is 24.4. The Labute approximate surface area is 207 Å². The predicted molar refractivity (Wildman–Crippen MR) is 133 cm³/mol. The largest absolute Gasteiger partial charge is 0.476 e. The van der Waals surface area contributed by atoms with Crippen molar-refractivity contribution in [3.8, 4) is 11.1 Å². The second-order valence-corrected chi connectivity index (χ2v) is 9.25. The number of fused-ring (bicyclic) bond motifs is 3. The van der Waals surface area contributed by atoms with E-state index < -0.39 is 12.1 Å².